The van der Waals surface area contributed by atoms with Gasteiger partial charge in [0, 0.05) is 17.2 Å². The molecule has 0 aromatic heterocycles. The van der Waals surface area contributed by atoms with Gasteiger partial charge in [0.1, 0.15) is 0 Å². The predicted molar refractivity (Wildman–Crippen MR) is 106 cm³/mol. The number of esters is 2. The summed E-state index contributed by atoms with van der Waals surface area (Å²) in [7, 11) is 0. The standard InChI is InChI=1S/C20H13ClN2O6/c1-3-9-28-19(24)15-7-5-13(21)11-18(15)22-17-8-6-14(23(26)27)12-16(17)20(25)29-10-4-2/h1-2,5-8,11-12,22H,9-10H2. The molecule has 0 heterocycles. The number of benzene rings is 2. The normalized spacial score (nSPS) is 9.62. The van der Waals surface area contributed by atoms with E-state index in [1.807, 2.05) is 0 Å². The van der Waals surface area contributed by atoms with Crippen LogP contribution in [0, 0.1) is 34.8 Å². The van der Waals surface area contributed by atoms with Crippen LogP contribution in [0.3, 0.4) is 0 Å². The number of carbonyl (C=O) groups excluding carboxylic acids is 2. The van der Waals surface area contributed by atoms with Crippen LogP contribution in [-0.2, 0) is 9.47 Å². The van der Waals surface area contributed by atoms with Crippen molar-refractivity contribution < 1.29 is 24.0 Å². The summed E-state index contributed by atoms with van der Waals surface area (Å²) in [6.45, 7) is -0.552. The van der Waals surface area contributed by atoms with Gasteiger partial charge in [0.05, 0.1) is 27.4 Å². The molecule has 0 aliphatic carbocycles. The number of nitro groups is 1. The van der Waals surface area contributed by atoms with E-state index in [1.54, 1.807) is 0 Å². The molecule has 0 aliphatic rings. The average molecular weight is 413 g/mol. The quantitative estimate of drug-likeness (QED) is 0.320. The lowest BCUT2D eigenvalue weighted by Gasteiger charge is -2.14. The molecule has 0 atom stereocenters. The number of ether oxygens (including phenoxy) is 2. The van der Waals surface area contributed by atoms with E-state index in [0.29, 0.717) is 5.02 Å². The van der Waals surface area contributed by atoms with Crippen LogP contribution in [0.15, 0.2) is 36.4 Å². The van der Waals surface area contributed by atoms with E-state index < -0.39 is 16.9 Å². The van der Waals surface area contributed by atoms with E-state index in [1.165, 1.54) is 30.3 Å². The topological polar surface area (TPSA) is 108 Å². The fraction of sp³-hybridized carbons (Fsp3) is 0.100. The molecule has 0 saturated heterocycles. The highest BCUT2D eigenvalue weighted by molar-refractivity contribution is 6.31. The van der Waals surface area contributed by atoms with E-state index in [4.69, 9.17) is 33.9 Å². The minimum atomic E-state index is -0.882. The summed E-state index contributed by atoms with van der Waals surface area (Å²) >= 11 is 6.00. The molecule has 2 rings (SSSR count). The number of hydrogen-bond acceptors (Lipinski definition) is 7. The van der Waals surface area contributed by atoms with Gasteiger partial charge >= 0.3 is 11.9 Å². The molecule has 0 aliphatic heterocycles. The number of nitrogens with one attached hydrogen (secondary N) is 1. The Morgan fingerprint density at radius 3 is 2.21 bits per heavy atom. The summed E-state index contributed by atoms with van der Waals surface area (Å²) in [5.41, 5.74) is -0.0727. The van der Waals surface area contributed by atoms with Crippen LogP contribution < -0.4 is 5.32 Å². The second-order valence-electron chi connectivity index (χ2n) is 5.36. The number of rotatable bonds is 7. The first-order valence-electron chi connectivity index (χ1n) is 7.93. The summed E-state index contributed by atoms with van der Waals surface area (Å²) in [5.74, 6) is 2.71. The average Bonchev–Trinajstić information content (AvgIpc) is 2.70. The summed E-state index contributed by atoms with van der Waals surface area (Å²) in [5, 5.41) is 14.2. The molecule has 0 fully saturated rings. The van der Waals surface area contributed by atoms with Crippen molar-refractivity contribution in [2.75, 3.05) is 18.5 Å². The monoisotopic (exact) mass is 412 g/mol. The highest BCUT2D eigenvalue weighted by atomic mass is 35.5. The van der Waals surface area contributed by atoms with Crippen molar-refractivity contribution in [3.05, 3.63) is 62.7 Å². The molecule has 8 nitrogen and oxygen atoms in total. The van der Waals surface area contributed by atoms with Crippen LogP contribution in [0.1, 0.15) is 20.7 Å². The molecule has 1 N–H and O–H groups in total. The number of carbonyl (C=O) groups is 2. The van der Waals surface area contributed by atoms with E-state index in [9.17, 15) is 19.7 Å². The maximum absolute atomic E-state index is 12.3. The molecular formula is C20H13ClN2O6. The Kier molecular flexibility index (Phi) is 7.19. The summed E-state index contributed by atoms with van der Waals surface area (Å²) in [6.07, 6.45) is 10.2. The zero-order valence-electron chi connectivity index (χ0n) is 14.8. The Balaban J connectivity index is 2.48. The maximum atomic E-state index is 12.3. The summed E-state index contributed by atoms with van der Waals surface area (Å²) < 4.78 is 9.78. The lowest BCUT2D eigenvalue weighted by atomic mass is 10.1. The third-order valence-electron chi connectivity index (χ3n) is 3.48. The minimum Gasteiger partial charge on any atom is -0.449 e. The molecule has 0 radical (unpaired) electrons. The molecule has 0 bridgehead atoms. The van der Waals surface area contributed by atoms with Gasteiger partial charge < -0.3 is 14.8 Å². The third-order valence-corrected chi connectivity index (χ3v) is 3.71. The Morgan fingerprint density at radius 1 is 1.00 bits per heavy atom. The molecule has 29 heavy (non-hydrogen) atoms. The predicted octanol–water partition coefficient (Wildman–Crippen LogP) is 3.57. The number of hydrogen-bond donors (Lipinski definition) is 1. The van der Waals surface area contributed by atoms with E-state index in [2.05, 4.69) is 17.2 Å². The van der Waals surface area contributed by atoms with Gasteiger partial charge in [-0.15, -0.1) is 12.8 Å². The van der Waals surface area contributed by atoms with E-state index in [-0.39, 0.29) is 41.4 Å². The van der Waals surface area contributed by atoms with E-state index in [0.717, 1.165) is 6.07 Å². The smallest absolute Gasteiger partial charge is 0.341 e. The van der Waals surface area contributed by atoms with Crippen molar-refractivity contribution in [2.24, 2.45) is 0 Å². The van der Waals surface area contributed by atoms with Gasteiger partial charge in [0.15, 0.2) is 13.2 Å². The second kappa shape index (κ2) is 9.79. The van der Waals surface area contributed by atoms with Gasteiger partial charge in [0.25, 0.3) is 5.69 Å². The first-order valence-corrected chi connectivity index (χ1v) is 8.31. The first-order chi connectivity index (χ1) is 13.9. The molecule has 0 unspecified atom stereocenters. The van der Waals surface area contributed by atoms with Gasteiger partial charge in [-0.05, 0) is 24.3 Å². The fourth-order valence-electron chi connectivity index (χ4n) is 2.24. The van der Waals surface area contributed by atoms with Crippen LogP contribution in [0.2, 0.25) is 5.02 Å². The van der Waals surface area contributed by atoms with Crippen molar-refractivity contribution in [1.29, 1.82) is 0 Å². The zero-order chi connectivity index (χ0) is 21.4. The molecule has 2 aromatic carbocycles. The third kappa shape index (κ3) is 5.48. The fourth-order valence-corrected chi connectivity index (χ4v) is 2.41. The molecule has 0 amide bonds. The lowest BCUT2D eigenvalue weighted by molar-refractivity contribution is -0.384. The van der Waals surface area contributed by atoms with Gasteiger partial charge in [-0.1, -0.05) is 23.4 Å². The van der Waals surface area contributed by atoms with Crippen LogP contribution in [-0.4, -0.2) is 30.1 Å². The lowest BCUT2D eigenvalue weighted by Crippen LogP contribution is -2.12. The minimum absolute atomic E-state index is 0.0888. The first kappa shape index (κ1) is 21.3. The van der Waals surface area contributed by atoms with Crippen LogP contribution >= 0.6 is 11.6 Å². The Bertz CT molecular complexity index is 1050. The van der Waals surface area contributed by atoms with Crippen LogP contribution in [0.25, 0.3) is 0 Å². The van der Waals surface area contributed by atoms with Crippen LogP contribution in [0.5, 0.6) is 0 Å². The Hall–Kier alpha value is -4.01. The number of halogens is 1. The summed E-state index contributed by atoms with van der Waals surface area (Å²) in [4.78, 5) is 34.9. The number of nitrogens with zero attached hydrogens (tertiary/aromatic N) is 1. The SMILES string of the molecule is C#CCOC(=O)c1ccc(Cl)cc1Nc1ccc([N+](=O)[O-])cc1C(=O)OCC#C. The molecule has 9 heteroatoms. The van der Waals surface area contributed by atoms with Crippen molar-refractivity contribution in [1.82, 2.24) is 0 Å². The van der Waals surface area contributed by atoms with Gasteiger partial charge in [-0.25, -0.2) is 9.59 Å². The van der Waals surface area contributed by atoms with Crippen molar-refractivity contribution in [3.63, 3.8) is 0 Å². The molecule has 2 aromatic rings. The Labute approximate surface area is 170 Å². The van der Waals surface area contributed by atoms with Crippen molar-refractivity contribution in [3.8, 4) is 24.7 Å². The van der Waals surface area contributed by atoms with Crippen LogP contribution in [0.4, 0.5) is 17.1 Å². The molecule has 0 spiro atoms. The van der Waals surface area contributed by atoms with E-state index >= 15 is 0 Å². The molecule has 0 saturated carbocycles. The van der Waals surface area contributed by atoms with Crippen molar-refractivity contribution in [2.45, 2.75) is 0 Å². The molecular weight excluding hydrogens is 400 g/mol. The maximum Gasteiger partial charge on any atom is 0.341 e. The van der Waals surface area contributed by atoms with Gasteiger partial charge in [-0.2, -0.15) is 0 Å². The highest BCUT2D eigenvalue weighted by Crippen LogP contribution is 2.30. The van der Waals surface area contributed by atoms with Gasteiger partial charge in [-0.3, -0.25) is 10.1 Å². The second-order valence-corrected chi connectivity index (χ2v) is 5.80. The largest absolute Gasteiger partial charge is 0.449 e. The van der Waals surface area contributed by atoms with Gasteiger partial charge in [0.2, 0.25) is 0 Å². The zero-order valence-corrected chi connectivity index (χ0v) is 15.6. The summed E-state index contributed by atoms with van der Waals surface area (Å²) in [6, 6.07) is 7.81. The number of terminal acetylenes is 2. The van der Waals surface area contributed by atoms with Crippen molar-refractivity contribution >= 4 is 40.6 Å². The molecule has 146 valence electrons. The number of nitro benzene ring substituents is 1. The Morgan fingerprint density at radius 2 is 1.62 bits per heavy atom. The number of non-ortho nitro benzene ring substituents is 1. The highest BCUT2D eigenvalue weighted by Gasteiger charge is 2.20. The number of anilines is 2.